The first kappa shape index (κ1) is 20.6. The highest BCUT2D eigenvalue weighted by molar-refractivity contribution is 6.73. The highest BCUT2D eigenvalue weighted by Crippen LogP contribution is 2.51. The summed E-state index contributed by atoms with van der Waals surface area (Å²) in [4.78, 5) is 4.14. The Morgan fingerprint density at radius 3 is 2.23 bits per heavy atom. The maximum atomic E-state index is 6.92. The summed E-state index contributed by atoms with van der Waals surface area (Å²) < 4.78 is 6.92. The van der Waals surface area contributed by atoms with Crippen LogP contribution in [0.5, 0.6) is 0 Å². The Hall–Kier alpha value is -0.0931. The molecule has 0 radical (unpaired) electrons. The third kappa shape index (κ3) is 4.32. The molecule has 1 aromatic rings. The third-order valence-electron chi connectivity index (χ3n) is 7.22. The van der Waals surface area contributed by atoms with Crippen LogP contribution in [-0.2, 0) is 4.43 Å². The molecule has 0 N–H and O–H groups in total. The predicted molar refractivity (Wildman–Crippen MR) is 113 cm³/mol. The summed E-state index contributed by atoms with van der Waals surface area (Å²) in [5, 5.41) is 1.31. The molecule has 2 aliphatic rings. The third-order valence-corrected chi connectivity index (χ3v) is 12.5. The van der Waals surface area contributed by atoms with Crippen molar-refractivity contribution in [3.63, 3.8) is 0 Å². The van der Waals surface area contributed by atoms with Crippen molar-refractivity contribution < 1.29 is 4.43 Å². The van der Waals surface area contributed by atoms with Gasteiger partial charge in [-0.05, 0) is 68.0 Å². The second kappa shape index (κ2) is 8.94. The van der Waals surface area contributed by atoms with Crippen LogP contribution >= 0.6 is 23.2 Å². The second-order valence-corrected chi connectivity index (χ2v) is 13.9. The molecule has 0 amide bonds. The van der Waals surface area contributed by atoms with E-state index in [1.54, 1.807) is 12.4 Å². The van der Waals surface area contributed by atoms with E-state index in [0.29, 0.717) is 10.0 Å². The van der Waals surface area contributed by atoms with Crippen molar-refractivity contribution in [3.05, 3.63) is 28.0 Å². The SMILES string of the molecule is CC[Si](CC)(CC)OC(CCC1C[C@@H]2CC[C@H]1C2)c1c(Cl)cncc1Cl. The van der Waals surface area contributed by atoms with E-state index in [1.165, 1.54) is 32.1 Å². The molecular weight excluding hydrogens is 381 g/mol. The van der Waals surface area contributed by atoms with Crippen molar-refractivity contribution in [2.45, 2.75) is 83.5 Å². The zero-order valence-corrected chi connectivity index (χ0v) is 19.0. The molecule has 1 aromatic heterocycles. The lowest BCUT2D eigenvalue weighted by atomic mass is 9.84. The van der Waals surface area contributed by atoms with Gasteiger partial charge in [0.1, 0.15) is 0 Å². The fourth-order valence-electron chi connectivity index (χ4n) is 5.39. The predicted octanol–water partition coefficient (Wildman–Crippen LogP) is 7.67. The zero-order valence-electron chi connectivity index (χ0n) is 16.4. The minimum absolute atomic E-state index is 0.0173. The van der Waals surface area contributed by atoms with Crippen LogP contribution in [0.4, 0.5) is 0 Å². The Kier molecular flexibility index (Phi) is 7.09. The van der Waals surface area contributed by atoms with Crippen molar-refractivity contribution in [2.75, 3.05) is 0 Å². The van der Waals surface area contributed by atoms with Gasteiger partial charge in [0.05, 0.1) is 16.1 Å². The largest absolute Gasteiger partial charge is 0.410 e. The Labute approximate surface area is 170 Å². The van der Waals surface area contributed by atoms with Gasteiger partial charge in [-0.3, -0.25) is 4.98 Å². The van der Waals surface area contributed by atoms with E-state index in [4.69, 9.17) is 27.6 Å². The van der Waals surface area contributed by atoms with Crippen LogP contribution < -0.4 is 0 Å². The molecule has 0 aromatic carbocycles. The number of nitrogens with zero attached hydrogens (tertiary/aromatic N) is 1. The fraction of sp³-hybridized carbons (Fsp3) is 0.762. The van der Waals surface area contributed by atoms with Gasteiger partial charge >= 0.3 is 0 Å². The molecule has 2 bridgehead atoms. The molecule has 0 spiro atoms. The number of pyridine rings is 1. The van der Waals surface area contributed by atoms with Crippen LogP contribution in [0.2, 0.25) is 28.2 Å². The molecule has 1 heterocycles. The summed E-state index contributed by atoms with van der Waals surface area (Å²) in [7, 11) is -1.74. The van der Waals surface area contributed by atoms with E-state index in [-0.39, 0.29) is 6.10 Å². The normalized spacial score (nSPS) is 26.4. The Morgan fingerprint density at radius 1 is 1.08 bits per heavy atom. The lowest BCUT2D eigenvalue weighted by Crippen LogP contribution is -2.37. The van der Waals surface area contributed by atoms with Gasteiger partial charge in [0, 0.05) is 18.0 Å². The highest BCUT2D eigenvalue weighted by atomic mass is 35.5. The molecule has 5 heteroatoms. The number of aromatic nitrogens is 1. The minimum Gasteiger partial charge on any atom is -0.410 e. The zero-order chi connectivity index (χ0) is 18.7. The van der Waals surface area contributed by atoms with E-state index in [9.17, 15) is 0 Å². The van der Waals surface area contributed by atoms with E-state index in [2.05, 4.69) is 25.8 Å². The molecule has 4 atom stereocenters. The molecule has 3 rings (SSSR count). The van der Waals surface area contributed by atoms with Gasteiger partial charge in [-0.1, -0.05) is 50.4 Å². The van der Waals surface area contributed by atoms with Gasteiger partial charge in [-0.15, -0.1) is 0 Å². The Balaban J connectivity index is 1.79. The van der Waals surface area contributed by atoms with Crippen LogP contribution in [0.3, 0.4) is 0 Å². The monoisotopic (exact) mass is 413 g/mol. The van der Waals surface area contributed by atoms with Crippen molar-refractivity contribution in [1.82, 2.24) is 4.98 Å². The minimum atomic E-state index is -1.74. The second-order valence-electron chi connectivity index (χ2n) is 8.38. The maximum Gasteiger partial charge on any atom is 0.192 e. The van der Waals surface area contributed by atoms with Gasteiger partial charge in [-0.2, -0.15) is 0 Å². The van der Waals surface area contributed by atoms with Crippen molar-refractivity contribution in [2.24, 2.45) is 17.8 Å². The van der Waals surface area contributed by atoms with Crippen LogP contribution in [0.1, 0.15) is 71.0 Å². The van der Waals surface area contributed by atoms with Crippen molar-refractivity contribution in [1.29, 1.82) is 0 Å². The summed E-state index contributed by atoms with van der Waals surface area (Å²) in [6, 6.07) is 3.43. The van der Waals surface area contributed by atoms with Crippen LogP contribution in [-0.4, -0.2) is 13.3 Å². The summed E-state index contributed by atoms with van der Waals surface area (Å²) in [6.07, 6.45) is 11.5. The van der Waals surface area contributed by atoms with Crippen LogP contribution in [0, 0.1) is 17.8 Å². The topological polar surface area (TPSA) is 22.1 Å². The summed E-state index contributed by atoms with van der Waals surface area (Å²) in [5.41, 5.74) is 0.971. The molecule has 2 aliphatic carbocycles. The van der Waals surface area contributed by atoms with Gasteiger partial charge < -0.3 is 4.43 Å². The van der Waals surface area contributed by atoms with Crippen LogP contribution in [0.15, 0.2) is 12.4 Å². The standard InChI is InChI=1S/C21H33Cl2NOSi/c1-4-26(5-2,6-3)25-20(21-18(22)13-24-14-19(21)23)10-9-17-12-15-7-8-16(17)11-15/h13-17,20H,4-12H2,1-3H3/t15-,16+,17?,20?/m1/s1. The molecule has 146 valence electrons. The molecule has 2 saturated carbocycles. The molecule has 2 unspecified atom stereocenters. The molecule has 2 fully saturated rings. The number of hydrogen-bond donors (Lipinski definition) is 0. The van der Waals surface area contributed by atoms with Gasteiger partial charge in [-0.25, -0.2) is 0 Å². The van der Waals surface area contributed by atoms with E-state index >= 15 is 0 Å². The van der Waals surface area contributed by atoms with E-state index in [1.807, 2.05) is 0 Å². The molecule has 26 heavy (non-hydrogen) atoms. The molecule has 0 aliphatic heterocycles. The Bertz CT molecular complexity index is 579. The average molecular weight is 414 g/mol. The first-order valence-corrected chi connectivity index (χ1v) is 13.8. The maximum absolute atomic E-state index is 6.92. The first-order valence-electron chi connectivity index (χ1n) is 10.5. The average Bonchev–Trinajstić information content (AvgIpc) is 3.27. The number of halogens is 2. The van der Waals surface area contributed by atoms with E-state index < -0.39 is 8.32 Å². The number of rotatable bonds is 9. The summed E-state index contributed by atoms with van der Waals surface area (Å²) >= 11 is 13.1. The lowest BCUT2D eigenvalue weighted by Gasteiger charge is -2.35. The van der Waals surface area contributed by atoms with Gasteiger partial charge in [0.15, 0.2) is 8.32 Å². The van der Waals surface area contributed by atoms with E-state index in [0.717, 1.165) is 47.9 Å². The van der Waals surface area contributed by atoms with Crippen molar-refractivity contribution >= 4 is 31.5 Å². The lowest BCUT2D eigenvalue weighted by molar-refractivity contribution is 0.159. The molecule has 0 saturated heterocycles. The Morgan fingerprint density at radius 2 is 1.73 bits per heavy atom. The summed E-state index contributed by atoms with van der Waals surface area (Å²) in [5.74, 6) is 2.82. The number of fused-ring (bicyclic) bond motifs is 2. The molecular formula is C21H33Cl2NOSi. The van der Waals surface area contributed by atoms with Crippen molar-refractivity contribution in [3.8, 4) is 0 Å². The van der Waals surface area contributed by atoms with Gasteiger partial charge in [0.25, 0.3) is 0 Å². The fourth-order valence-corrected chi connectivity index (χ4v) is 8.84. The molecule has 2 nitrogen and oxygen atoms in total. The quantitative estimate of drug-likeness (QED) is 0.387. The van der Waals surface area contributed by atoms with Crippen LogP contribution in [0.25, 0.3) is 0 Å². The number of hydrogen-bond acceptors (Lipinski definition) is 2. The van der Waals surface area contributed by atoms with Gasteiger partial charge in [0.2, 0.25) is 0 Å². The smallest absolute Gasteiger partial charge is 0.192 e. The highest BCUT2D eigenvalue weighted by Gasteiger charge is 2.40. The summed E-state index contributed by atoms with van der Waals surface area (Å²) in [6.45, 7) is 6.84. The first-order chi connectivity index (χ1) is 12.5.